The summed E-state index contributed by atoms with van der Waals surface area (Å²) in [5.41, 5.74) is -1.32. The van der Waals surface area contributed by atoms with Gasteiger partial charge < -0.3 is 5.11 Å². The van der Waals surface area contributed by atoms with Gasteiger partial charge in [-0.2, -0.15) is 0 Å². The Kier molecular flexibility index (Phi) is 2.39. The minimum Gasteiger partial charge on any atom is -0.482 e. The zero-order chi connectivity index (χ0) is 6.08. The van der Waals surface area contributed by atoms with Crippen LogP contribution in [0.5, 0.6) is 0 Å². The summed E-state index contributed by atoms with van der Waals surface area (Å²) in [4.78, 5) is 9.69. The highest BCUT2D eigenvalue weighted by Gasteiger charge is 2.35. The maximum absolute atomic E-state index is 9.69. The molecule has 0 atom stereocenters. The third-order valence-corrected chi connectivity index (χ3v) is 2.18. The van der Waals surface area contributed by atoms with Gasteiger partial charge >= 0.3 is 11.6 Å². The molecule has 0 aliphatic carbocycles. The molecular weight excluding hydrogens is 178 g/mol. The summed E-state index contributed by atoms with van der Waals surface area (Å²) in [6.45, 7) is 0. The van der Waals surface area contributed by atoms with E-state index in [-0.39, 0.29) is 0 Å². The van der Waals surface area contributed by atoms with E-state index in [2.05, 4.69) is 0 Å². The first-order chi connectivity index (χ1) is 2.94. The second kappa shape index (κ2) is 2.22. The molecule has 0 aromatic heterocycles. The fourth-order valence-corrected chi connectivity index (χ4v) is 0. The molecule has 1 N–H and O–H groups in total. The van der Waals surface area contributed by atoms with Crippen molar-refractivity contribution in [2.45, 2.75) is 0 Å². The van der Waals surface area contributed by atoms with Crippen LogP contribution in [0.15, 0.2) is 0 Å². The lowest BCUT2D eigenvalue weighted by Gasteiger charge is -1.95. The van der Waals surface area contributed by atoms with Crippen LogP contribution >= 0.6 is 33.2 Å². The average molecular weight is 179 g/mol. The number of hydrogen-bond acceptors (Lipinski definition) is 1. The summed E-state index contributed by atoms with van der Waals surface area (Å²) >= 11 is 14.8. The first kappa shape index (κ1) is 7.56. The SMILES string of the molecule is O=C(O)[Si](Cl)(Cl)Cl. The van der Waals surface area contributed by atoms with Gasteiger partial charge in [0.1, 0.15) is 0 Å². The van der Waals surface area contributed by atoms with Crippen LogP contribution in [-0.2, 0) is 0 Å². The fourth-order valence-electron chi connectivity index (χ4n) is 0. The van der Waals surface area contributed by atoms with Gasteiger partial charge in [-0.3, -0.25) is 4.79 Å². The van der Waals surface area contributed by atoms with Crippen LogP contribution in [0.2, 0.25) is 0 Å². The average Bonchev–Trinajstić information content (AvgIpc) is 1.31. The fraction of sp³-hybridized carbons (Fsp3) is 0. The Hall–Kier alpha value is 0.557. The lowest BCUT2D eigenvalue weighted by atomic mass is 11.6. The second-order valence-corrected chi connectivity index (χ2v) is 9.07. The lowest BCUT2D eigenvalue weighted by Crippen LogP contribution is -2.22. The molecule has 6 heteroatoms. The first-order valence-corrected chi connectivity index (χ1v) is 6.28. The van der Waals surface area contributed by atoms with E-state index in [0.717, 1.165) is 0 Å². The van der Waals surface area contributed by atoms with Crippen molar-refractivity contribution < 1.29 is 9.90 Å². The summed E-state index contributed by atoms with van der Waals surface area (Å²) in [5, 5.41) is 7.92. The van der Waals surface area contributed by atoms with Gasteiger partial charge in [-0.05, 0) is 0 Å². The molecule has 0 aliphatic rings. The van der Waals surface area contributed by atoms with Crippen molar-refractivity contribution >= 4 is 44.8 Å². The van der Waals surface area contributed by atoms with E-state index in [9.17, 15) is 4.79 Å². The molecule has 0 saturated heterocycles. The van der Waals surface area contributed by atoms with Crippen molar-refractivity contribution in [1.29, 1.82) is 0 Å². The van der Waals surface area contributed by atoms with E-state index in [4.69, 9.17) is 38.3 Å². The normalized spacial score (nSPS) is 11.3. The van der Waals surface area contributed by atoms with E-state index in [1.165, 1.54) is 0 Å². The zero-order valence-corrected chi connectivity index (χ0v) is 6.26. The summed E-state index contributed by atoms with van der Waals surface area (Å²) in [6, 6.07) is -3.40. The van der Waals surface area contributed by atoms with Gasteiger partial charge in [0.2, 0.25) is 0 Å². The molecule has 0 fully saturated rings. The van der Waals surface area contributed by atoms with Crippen molar-refractivity contribution in [2.75, 3.05) is 0 Å². The van der Waals surface area contributed by atoms with Gasteiger partial charge in [0.25, 0.3) is 0 Å². The number of carbonyl (C=O) groups is 1. The Balaban J connectivity index is 3.79. The van der Waals surface area contributed by atoms with E-state index in [1.54, 1.807) is 0 Å². The molecule has 42 valence electrons. The highest BCUT2D eigenvalue weighted by Crippen LogP contribution is 2.19. The van der Waals surface area contributed by atoms with Gasteiger partial charge in [0.05, 0.1) is 0 Å². The van der Waals surface area contributed by atoms with Crippen LogP contribution in [-0.4, -0.2) is 16.7 Å². The largest absolute Gasteiger partial charge is 0.482 e. The predicted molar refractivity (Wildman–Crippen MR) is 31.3 cm³/mol. The maximum Gasteiger partial charge on any atom is 0.463 e. The summed E-state index contributed by atoms with van der Waals surface area (Å²) < 4.78 is 0. The minimum atomic E-state index is -3.40. The predicted octanol–water partition coefficient (Wildman–Crippen LogP) is 1.90. The van der Waals surface area contributed by atoms with Crippen molar-refractivity contribution in [3.8, 4) is 0 Å². The van der Waals surface area contributed by atoms with Crippen LogP contribution in [0.3, 0.4) is 0 Å². The molecule has 0 amide bonds. The van der Waals surface area contributed by atoms with Crippen molar-refractivity contribution in [3.63, 3.8) is 0 Å². The van der Waals surface area contributed by atoms with Gasteiger partial charge in [-0.25, -0.2) is 0 Å². The highest BCUT2D eigenvalue weighted by molar-refractivity contribution is 7.74. The standard InChI is InChI=1S/CHCl3O2Si/c2-7(3,4)1(5)6/h(H,5,6). The third-order valence-electron chi connectivity index (χ3n) is 0.243. The number of rotatable bonds is 1. The molecule has 0 aromatic carbocycles. The topological polar surface area (TPSA) is 37.3 Å². The van der Waals surface area contributed by atoms with Crippen LogP contribution in [0, 0.1) is 0 Å². The molecule has 0 saturated carbocycles. The number of hydrogen-bond donors (Lipinski definition) is 1. The smallest absolute Gasteiger partial charge is 0.463 e. The molecule has 0 spiro atoms. The molecule has 0 heterocycles. The number of carboxylic acid groups (broad SMARTS) is 1. The Labute approximate surface area is 55.1 Å². The zero-order valence-electron chi connectivity index (χ0n) is 2.99. The van der Waals surface area contributed by atoms with E-state index in [0.29, 0.717) is 0 Å². The monoisotopic (exact) mass is 178 g/mol. The number of halogens is 3. The Morgan fingerprint density at radius 1 is 1.43 bits per heavy atom. The molecule has 0 aromatic rings. The van der Waals surface area contributed by atoms with Gasteiger partial charge in [0.15, 0.2) is 0 Å². The lowest BCUT2D eigenvalue weighted by molar-refractivity contribution is 0.219. The molecule has 0 bridgehead atoms. The van der Waals surface area contributed by atoms with Crippen molar-refractivity contribution in [1.82, 2.24) is 0 Å². The van der Waals surface area contributed by atoms with Crippen LogP contribution in [0.4, 0.5) is 4.79 Å². The molecule has 2 nitrogen and oxygen atoms in total. The molecule has 0 radical (unpaired) electrons. The van der Waals surface area contributed by atoms with Crippen LogP contribution in [0.25, 0.3) is 0 Å². The minimum absolute atomic E-state index is 1.32. The van der Waals surface area contributed by atoms with Gasteiger partial charge in [0, 0.05) is 0 Å². The van der Waals surface area contributed by atoms with Crippen LogP contribution in [0.1, 0.15) is 0 Å². The van der Waals surface area contributed by atoms with Crippen LogP contribution < -0.4 is 0 Å². The van der Waals surface area contributed by atoms with Gasteiger partial charge in [-0.15, -0.1) is 33.2 Å². The van der Waals surface area contributed by atoms with E-state index < -0.39 is 11.6 Å². The Morgan fingerprint density at radius 3 is 1.57 bits per heavy atom. The Bertz CT molecular complexity index is 85.4. The first-order valence-electron chi connectivity index (χ1n) is 1.24. The molecular formula is CHCl3O2Si. The quantitative estimate of drug-likeness (QED) is 0.493. The molecule has 7 heavy (non-hydrogen) atoms. The highest BCUT2D eigenvalue weighted by atomic mass is 35.8. The van der Waals surface area contributed by atoms with Gasteiger partial charge in [-0.1, -0.05) is 0 Å². The summed E-state index contributed by atoms with van der Waals surface area (Å²) in [5.74, 6) is 0. The second-order valence-electron chi connectivity index (χ2n) is 0.803. The molecule has 0 unspecified atom stereocenters. The molecule has 0 aliphatic heterocycles. The van der Waals surface area contributed by atoms with E-state index in [1.807, 2.05) is 0 Å². The summed E-state index contributed by atoms with van der Waals surface area (Å²) in [6.07, 6.45) is 0. The molecule has 0 rings (SSSR count). The third kappa shape index (κ3) is 3.17. The Morgan fingerprint density at radius 2 is 1.57 bits per heavy atom. The van der Waals surface area contributed by atoms with E-state index >= 15 is 0 Å². The summed E-state index contributed by atoms with van der Waals surface area (Å²) in [7, 11) is 0. The van der Waals surface area contributed by atoms with Crippen molar-refractivity contribution in [3.05, 3.63) is 0 Å². The van der Waals surface area contributed by atoms with Crippen molar-refractivity contribution in [2.24, 2.45) is 0 Å². The maximum atomic E-state index is 9.69.